The summed E-state index contributed by atoms with van der Waals surface area (Å²) in [6.45, 7) is 6.59. The van der Waals surface area contributed by atoms with Crippen molar-refractivity contribution in [3.8, 4) is 5.75 Å². The van der Waals surface area contributed by atoms with Crippen molar-refractivity contribution in [2.45, 2.75) is 38.4 Å². The first-order valence-electron chi connectivity index (χ1n) is 11.6. The molecule has 2 aliphatic heterocycles. The summed E-state index contributed by atoms with van der Waals surface area (Å²) in [6, 6.07) is 17.9. The number of likely N-dealkylation sites (N-methyl/N-ethyl adjacent to an activating group) is 1. The van der Waals surface area contributed by atoms with Gasteiger partial charge in [0, 0.05) is 35.2 Å². The summed E-state index contributed by atoms with van der Waals surface area (Å²) in [5.74, 6) is 0.794. The van der Waals surface area contributed by atoms with E-state index in [0.29, 0.717) is 10.1 Å². The summed E-state index contributed by atoms with van der Waals surface area (Å²) in [6.07, 6.45) is 4.12. The van der Waals surface area contributed by atoms with Crippen LogP contribution in [0.2, 0.25) is 5.02 Å². The van der Waals surface area contributed by atoms with Gasteiger partial charge in [-0.15, -0.1) is 0 Å². The molecule has 3 heterocycles. The summed E-state index contributed by atoms with van der Waals surface area (Å²) in [5, 5.41) is 4.86. The predicted octanol–water partition coefficient (Wildman–Crippen LogP) is 6.55. The number of thiocarbonyl (C=S) groups is 1. The highest BCUT2D eigenvalue weighted by Gasteiger charge is 2.42. The molecule has 2 aromatic carbocycles. The van der Waals surface area contributed by atoms with Crippen molar-refractivity contribution < 1.29 is 4.74 Å². The van der Waals surface area contributed by atoms with Crippen LogP contribution in [-0.4, -0.2) is 29.8 Å². The molecule has 3 aromatic rings. The lowest BCUT2D eigenvalue weighted by Gasteiger charge is -2.41. The number of hydrogen-bond acceptors (Lipinski definition) is 4. The van der Waals surface area contributed by atoms with Crippen LogP contribution in [-0.2, 0) is 0 Å². The summed E-state index contributed by atoms with van der Waals surface area (Å²) in [4.78, 5) is 9.07. The number of ether oxygens (including phenoxy) is 1. The Morgan fingerprint density at radius 3 is 2.51 bits per heavy atom. The van der Waals surface area contributed by atoms with Gasteiger partial charge in [0.1, 0.15) is 5.75 Å². The number of nitrogens with zero attached hydrogens (tertiary/aromatic N) is 3. The number of hydrogen-bond donors (Lipinski definition) is 1. The van der Waals surface area contributed by atoms with E-state index in [1.165, 1.54) is 11.1 Å². The number of aromatic nitrogens is 1. The number of halogens is 1. The minimum Gasteiger partial charge on any atom is -0.497 e. The van der Waals surface area contributed by atoms with Crippen molar-refractivity contribution in [3.63, 3.8) is 0 Å². The molecule has 5 rings (SSSR count). The van der Waals surface area contributed by atoms with Crippen LogP contribution >= 0.6 is 23.8 Å². The molecular formula is C28H29ClN4OS. The van der Waals surface area contributed by atoms with Crippen LogP contribution in [0.4, 0.5) is 11.4 Å². The molecular weight excluding hydrogens is 476 g/mol. The molecule has 0 saturated carbocycles. The minimum absolute atomic E-state index is 0.0932. The van der Waals surface area contributed by atoms with Crippen LogP contribution in [0.3, 0.4) is 0 Å². The van der Waals surface area contributed by atoms with Crippen LogP contribution in [0.15, 0.2) is 66.9 Å². The van der Waals surface area contributed by atoms with Gasteiger partial charge in [0.05, 0.1) is 30.4 Å². The van der Waals surface area contributed by atoms with E-state index in [0.717, 1.165) is 28.4 Å². The Kier molecular flexibility index (Phi) is 5.98. The smallest absolute Gasteiger partial charge is 0.174 e. The number of nitrogens with one attached hydrogen (secondary N) is 1. The van der Waals surface area contributed by atoms with Gasteiger partial charge in [-0.2, -0.15) is 0 Å². The number of fused-ring (bicyclic) bond motifs is 1. The lowest BCUT2D eigenvalue weighted by atomic mass is 9.86. The van der Waals surface area contributed by atoms with Crippen molar-refractivity contribution in [2.75, 3.05) is 24.0 Å². The van der Waals surface area contributed by atoms with Crippen molar-refractivity contribution in [2.24, 2.45) is 0 Å². The van der Waals surface area contributed by atoms with Gasteiger partial charge in [-0.1, -0.05) is 23.7 Å². The number of pyridine rings is 1. The van der Waals surface area contributed by atoms with E-state index in [1.807, 2.05) is 48.7 Å². The zero-order chi connectivity index (χ0) is 24.9. The average molecular weight is 505 g/mol. The summed E-state index contributed by atoms with van der Waals surface area (Å²) < 4.78 is 5.37. The average Bonchev–Trinajstić information content (AvgIpc) is 3.19. The lowest BCUT2D eigenvalue weighted by molar-refractivity contribution is 0.415. The van der Waals surface area contributed by atoms with E-state index in [1.54, 1.807) is 7.11 Å². The minimum atomic E-state index is -0.184. The van der Waals surface area contributed by atoms with Crippen LogP contribution < -0.4 is 19.9 Å². The molecule has 35 heavy (non-hydrogen) atoms. The first-order chi connectivity index (χ1) is 16.7. The normalized spacial score (nSPS) is 20.9. The highest BCUT2D eigenvalue weighted by atomic mass is 35.5. The number of allylic oxidation sites excluding steroid dienone is 1. The van der Waals surface area contributed by atoms with Crippen LogP contribution in [0.25, 0.3) is 5.57 Å². The quantitative estimate of drug-likeness (QED) is 0.406. The van der Waals surface area contributed by atoms with Gasteiger partial charge < -0.3 is 19.9 Å². The fraction of sp³-hybridized carbons (Fsp3) is 0.286. The maximum Gasteiger partial charge on any atom is 0.174 e. The fourth-order valence-corrected chi connectivity index (χ4v) is 5.72. The highest BCUT2D eigenvalue weighted by molar-refractivity contribution is 7.80. The van der Waals surface area contributed by atoms with Crippen molar-refractivity contribution in [3.05, 3.63) is 88.7 Å². The first kappa shape index (κ1) is 23.6. The molecule has 1 aromatic heterocycles. The number of benzene rings is 2. The van der Waals surface area contributed by atoms with Gasteiger partial charge >= 0.3 is 0 Å². The maximum atomic E-state index is 7.06. The van der Waals surface area contributed by atoms with E-state index in [-0.39, 0.29) is 17.6 Å². The number of anilines is 2. The standard InChI is InChI=1S/C28H29ClN4OS/c1-17-16-28(2,3)32(4)24-15-22(29)21(14-20(17)24)26-25(23-8-6-7-13-30-23)31-27(35)33(26)18-9-11-19(34-5)12-10-18/h6-16,25-26H,1-5H3,(H,31,35)/t25-,26+/m0/s1. The van der Waals surface area contributed by atoms with Crippen LogP contribution in [0.1, 0.15) is 49.7 Å². The second-order valence-electron chi connectivity index (χ2n) is 9.63. The van der Waals surface area contributed by atoms with E-state index in [2.05, 4.69) is 66.1 Å². The molecule has 0 amide bonds. The van der Waals surface area contributed by atoms with Gasteiger partial charge in [0.15, 0.2) is 5.11 Å². The summed E-state index contributed by atoms with van der Waals surface area (Å²) in [5.41, 5.74) is 6.33. The molecule has 1 saturated heterocycles. The zero-order valence-corrected chi connectivity index (χ0v) is 22.1. The van der Waals surface area contributed by atoms with Crippen molar-refractivity contribution in [1.29, 1.82) is 0 Å². The summed E-state index contributed by atoms with van der Waals surface area (Å²) >= 11 is 12.9. The molecule has 0 aliphatic carbocycles. The topological polar surface area (TPSA) is 40.6 Å². The van der Waals surface area contributed by atoms with E-state index < -0.39 is 0 Å². The molecule has 2 atom stereocenters. The molecule has 1 N–H and O–H groups in total. The number of rotatable bonds is 4. The molecule has 180 valence electrons. The third-order valence-electron chi connectivity index (χ3n) is 7.10. The summed E-state index contributed by atoms with van der Waals surface area (Å²) in [7, 11) is 3.78. The molecule has 1 fully saturated rings. The van der Waals surface area contributed by atoms with Crippen molar-refractivity contribution >= 4 is 45.9 Å². The van der Waals surface area contributed by atoms with Gasteiger partial charge in [0.25, 0.3) is 0 Å². The van der Waals surface area contributed by atoms with E-state index >= 15 is 0 Å². The van der Waals surface area contributed by atoms with E-state index in [9.17, 15) is 0 Å². The maximum absolute atomic E-state index is 7.06. The highest BCUT2D eigenvalue weighted by Crippen LogP contribution is 2.48. The molecule has 5 nitrogen and oxygen atoms in total. The Hall–Kier alpha value is -3.09. The second-order valence-corrected chi connectivity index (χ2v) is 10.4. The fourth-order valence-electron chi connectivity index (χ4n) is 5.11. The Labute approximate surface area is 217 Å². The Morgan fingerprint density at radius 2 is 1.86 bits per heavy atom. The number of methoxy groups -OCH3 is 1. The van der Waals surface area contributed by atoms with Gasteiger partial charge in [-0.3, -0.25) is 4.98 Å². The predicted molar refractivity (Wildman–Crippen MR) is 149 cm³/mol. The zero-order valence-electron chi connectivity index (χ0n) is 20.5. The molecule has 0 unspecified atom stereocenters. The largest absolute Gasteiger partial charge is 0.497 e. The second kappa shape index (κ2) is 8.85. The Morgan fingerprint density at radius 1 is 1.11 bits per heavy atom. The van der Waals surface area contributed by atoms with E-state index in [4.69, 9.17) is 28.6 Å². The first-order valence-corrected chi connectivity index (χ1v) is 12.4. The Bertz CT molecular complexity index is 1310. The SMILES string of the molecule is COc1ccc(N2C(=S)N[C@@H](c3ccccn3)[C@H]2c2cc3c(cc2Cl)N(C)C(C)(C)C=C3C)cc1. The van der Waals surface area contributed by atoms with Crippen molar-refractivity contribution in [1.82, 2.24) is 10.3 Å². The molecule has 2 aliphatic rings. The Balaban J connectivity index is 1.68. The van der Waals surface area contributed by atoms with Gasteiger partial charge in [0.2, 0.25) is 0 Å². The van der Waals surface area contributed by atoms with Crippen LogP contribution in [0.5, 0.6) is 5.75 Å². The monoisotopic (exact) mass is 504 g/mol. The molecule has 0 spiro atoms. The molecule has 7 heteroatoms. The van der Waals surface area contributed by atoms with Gasteiger partial charge in [-0.05, 0) is 92.7 Å². The third-order valence-corrected chi connectivity index (χ3v) is 7.74. The molecule has 0 radical (unpaired) electrons. The molecule has 0 bridgehead atoms. The lowest BCUT2D eigenvalue weighted by Crippen LogP contribution is -2.42. The van der Waals surface area contributed by atoms with Crippen LogP contribution in [0, 0.1) is 0 Å². The van der Waals surface area contributed by atoms with Gasteiger partial charge in [-0.25, -0.2) is 0 Å². The third kappa shape index (κ3) is 4.05.